The zero-order chi connectivity index (χ0) is 13.3. The Hall–Kier alpha value is -1.42. The van der Waals surface area contributed by atoms with Gasteiger partial charge in [-0.2, -0.15) is 0 Å². The van der Waals surface area contributed by atoms with Crippen LogP contribution in [0.25, 0.3) is 0 Å². The van der Waals surface area contributed by atoms with Gasteiger partial charge in [-0.15, -0.1) is 0 Å². The zero-order valence-electron chi connectivity index (χ0n) is 11.3. The standard InChI is InChI=1S/C15H20N2O2/c1-19-11-15-7-4-5-12(15)9-17(10-15)14(18)13-6-2-3-8-16-13/h2-3,6,8,12H,4-5,7,9-11H2,1H3/t12-,15+/m1/s1. The van der Waals surface area contributed by atoms with E-state index in [1.54, 1.807) is 19.4 Å². The summed E-state index contributed by atoms with van der Waals surface area (Å²) in [6, 6.07) is 5.49. The van der Waals surface area contributed by atoms with Gasteiger partial charge in [-0.1, -0.05) is 12.5 Å². The van der Waals surface area contributed by atoms with E-state index in [0.717, 1.165) is 19.7 Å². The average molecular weight is 260 g/mol. The van der Waals surface area contributed by atoms with E-state index in [4.69, 9.17) is 4.74 Å². The number of ether oxygens (including phenoxy) is 1. The van der Waals surface area contributed by atoms with Crippen molar-refractivity contribution in [1.82, 2.24) is 9.88 Å². The Morgan fingerprint density at radius 1 is 1.58 bits per heavy atom. The topological polar surface area (TPSA) is 42.4 Å². The van der Waals surface area contributed by atoms with Crippen molar-refractivity contribution < 1.29 is 9.53 Å². The van der Waals surface area contributed by atoms with E-state index in [0.29, 0.717) is 11.6 Å². The Kier molecular flexibility index (Phi) is 3.27. The summed E-state index contributed by atoms with van der Waals surface area (Å²) in [6.45, 7) is 2.45. The molecule has 1 amide bonds. The van der Waals surface area contributed by atoms with Crippen molar-refractivity contribution in [2.75, 3.05) is 26.8 Å². The number of hydrogen-bond acceptors (Lipinski definition) is 3. The minimum atomic E-state index is 0.0606. The lowest BCUT2D eigenvalue weighted by Gasteiger charge is -2.27. The second kappa shape index (κ2) is 4.93. The van der Waals surface area contributed by atoms with Crippen molar-refractivity contribution >= 4 is 5.91 Å². The van der Waals surface area contributed by atoms with Gasteiger partial charge in [0.05, 0.1) is 6.61 Å². The Morgan fingerprint density at radius 3 is 3.21 bits per heavy atom. The number of aromatic nitrogens is 1. The third-order valence-corrected chi connectivity index (χ3v) is 4.64. The first-order valence-electron chi connectivity index (χ1n) is 6.94. The van der Waals surface area contributed by atoms with Crippen molar-refractivity contribution in [1.29, 1.82) is 0 Å². The fourth-order valence-corrected chi connectivity index (χ4v) is 3.74. The Bertz CT molecular complexity index is 462. The molecule has 2 aliphatic rings. The van der Waals surface area contributed by atoms with Crippen LogP contribution in [-0.2, 0) is 4.74 Å². The first-order chi connectivity index (χ1) is 9.25. The third kappa shape index (κ3) is 2.14. The van der Waals surface area contributed by atoms with Gasteiger partial charge in [0, 0.05) is 31.8 Å². The van der Waals surface area contributed by atoms with Crippen molar-refractivity contribution in [2.45, 2.75) is 19.3 Å². The quantitative estimate of drug-likeness (QED) is 0.834. The molecule has 1 saturated heterocycles. The van der Waals surface area contributed by atoms with Crippen LogP contribution in [0, 0.1) is 11.3 Å². The summed E-state index contributed by atoms with van der Waals surface area (Å²) >= 11 is 0. The number of carbonyl (C=O) groups is 1. The number of fused-ring (bicyclic) bond motifs is 1. The summed E-state index contributed by atoms with van der Waals surface area (Å²) < 4.78 is 5.41. The highest BCUT2D eigenvalue weighted by Crippen LogP contribution is 2.48. The largest absolute Gasteiger partial charge is 0.384 e. The van der Waals surface area contributed by atoms with Crippen LogP contribution in [-0.4, -0.2) is 42.6 Å². The second-order valence-corrected chi connectivity index (χ2v) is 5.79. The normalized spacial score (nSPS) is 29.5. The number of amides is 1. The molecule has 102 valence electrons. The van der Waals surface area contributed by atoms with Crippen molar-refractivity contribution in [3.8, 4) is 0 Å². The number of methoxy groups -OCH3 is 1. The highest BCUT2D eigenvalue weighted by molar-refractivity contribution is 5.92. The molecule has 2 atom stereocenters. The van der Waals surface area contributed by atoms with E-state index in [9.17, 15) is 4.79 Å². The monoisotopic (exact) mass is 260 g/mol. The molecule has 0 N–H and O–H groups in total. The van der Waals surface area contributed by atoms with Crippen molar-refractivity contribution in [3.05, 3.63) is 30.1 Å². The first-order valence-corrected chi connectivity index (χ1v) is 6.94. The Balaban J connectivity index is 1.77. The molecule has 1 aromatic heterocycles. The van der Waals surface area contributed by atoms with Gasteiger partial charge < -0.3 is 9.64 Å². The smallest absolute Gasteiger partial charge is 0.272 e. The fraction of sp³-hybridized carbons (Fsp3) is 0.600. The lowest BCUT2D eigenvalue weighted by Crippen LogP contribution is -2.34. The van der Waals surface area contributed by atoms with Gasteiger partial charge in [0.1, 0.15) is 5.69 Å². The summed E-state index contributed by atoms with van der Waals surface area (Å²) in [7, 11) is 1.76. The zero-order valence-corrected chi connectivity index (χ0v) is 11.3. The number of hydrogen-bond donors (Lipinski definition) is 0. The molecule has 1 aliphatic heterocycles. The maximum absolute atomic E-state index is 12.4. The summed E-state index contributed by atoms with van der Waals surface area (Å²) in [5.41, 5.74) is 0.745. The molecule has 0 aromatic carbocycles. The van der Waals surface area contributed by atoms with E-state index in [-0.39, 0.29) is 11.3 Å². The molecule has 2 heterocycles. The molecular formula is C15H20N2O2. The molecule has 4 nitrogen and oxygen atoms in total. The number of rotatable bonds is 3. The van der Waals surface area contributed by atoms with Crippen LogP contribution in [0.15, 0.2) is 24.4 Å². The van der Waals surface area contributed by atoms with Crippen LogP contribution < -0.4 is 0 Å². The van der Waals surface area contributed by atoms with Crippen LogP contribution >= 0.6 is 0 Å². The fourth-order valence-electron chi connectivity index (χ4n) is 3.74. The summed E-state index contributed by atoms with van der Waals surface area (Å²) in [5.74, 6) is 0.658. The van der Waals surface area contributed by atoms with Gasteiger partial charge in [0.25, 0.3) is 5.91 Å². The molecule has 0 radical (unpaired) electrons. The average Bonchev–Trinajstić information content (AvgIpc) is 2.96. The minimum absolute atomic E-state index is 0.0606. The molecular weight excluding hydrogens is 240 g/mol. The molecule has 4 heteroatoms. The molecule has 1 aliphatic carbocycles. The lowest BCUT2D eigenvalue weighted by atomic mass is 9.82. The molecule has 0 bridgehead atoms. The molecule has 1 aromatic rings. The van der Waals surface area contributed by atoms with Crippen LogP contribution in [0.1, 0.15) is 29.8 Å². The van der Waals surface area contributed by atoms with Gasteiger partial charge in [-0.25, -0.2) is 0 Å². The predicted molar refractivity (Wildman–Crippen MR) is 71.8 cm³/mol. The number of pyridine rings is 1. The maximum Gasteiger partial charge on any atom is 0.272 e. The van der Waals surface area contributed by atoms with Crippen LogP contribution in [0.3, 0.4) is 0 Å². The first kappa shape index (κ1) is 12.6. The van der Waals surface area contributed by atoms with E-state index >= 15 is 0 Å². The Labute approximate surface area is 113 Å². The number of nitrogens with zero attached hydrogens (tertiary/aromatic N) is 2. The lowest BCUT2D eigenvalue weighted by molar-refractivity contribution is 0.0622. The minimum Gasteiger partial charge on any atom is -0.384 e. The molecule has 0 unspecified atom stereocenters. The van der Waals surface area contributed by atoms with E-state index in [2.05, 4.69) is 4.98 Å². The summed E-state index contributed by atoms with van der Waals surface area (Å²) in [6.07, 6.45) is 5.33. The van der Waals surface area contributed by atoms with E-state index < -0.39 is 0 Å². The molecule has 2 fully saturated rings. The predicted octanol–water partition coefficient (Wildman–Crippen LogP) is 1.97. The SMILES string of the molecule is COC[C@@]12CCC[C@@H]1CN(C(=O)c1ccccn1)C2. The van der Waals surface area contributed by atoms with Gasteiger partial charge in [0.15, 0.2) is 0 Å². The third-order valence-electron chi connectivity index (χ3n) is 4.64. The Morgan fingerprint density at radius 2 is 2.47 bits per heavy atom. The van der Waals surface area contributed by atoms with Gasteiger partial charge in [-0.05, 0) is 30.9 Å². The van der Waals surface area contributed by atoms with E-state index in [1.807, 2.05) is 17.0 Å². The van der Waals surface area contributed by atoms with Gasteiger partial charge in [-0.3, -0.25) is 9.78 Å². The number of carbonyl (C=O) groups excluding carboxylic acids is 1. The summed E-state index contributed by atoms with van der Waals surface area (Å²) in [5, 5.41) is 0. The van der Waals surface area contributed by atoms with Crippen LogP contribution in [0.5, 0.6) is 0 Å². The van der Waals surface area contributed by atoms with Crippen molar-refractivity contribution in [2.24, 2.45) is 11.3 Å². The van der Waals surface area contributed by atoms with Crippen LogP contribution in [0.2, 0.25) is 0 Å². The maximum atomic E-state index is 12.4. The highest BCUT2D eigenvalue weighted by Gasteiger charge is 2.50. The summed E-state index contributed by atoms with van der Waals surface area (Å²) in [4.78, 5) is 18.6. The van der Waals surface area contributed by atoms with Gasteiger partial charge >= 0.3 is 0 Å². The molecule has 19 heavy (non-hydrogen) atoms. The molecule has 1 saturated carbocycles. The highest BCUT2D eigenvalue weighted by atomic mass is 16.5. The molecule has 0 spiro atoms. The van der Waals surface area contributed by atoms with Crippen molar-refractivity contribution in [3.63, 3.8) is 0 Å². The van der Waals surface area contributed by atoms with Gasteiger partial charge in [0.2, 0.25) is 0 Å². The second-order valence-electron chi connectivity index (χ2n) is 5.79. The number of likely N-dealkylation sites (tertiary alicyclic amines) is 1. The molecule has 3 rings (SSSR count). The van der Waals surface area contributed by atoms with E-state index in [1.165, 1.54) is 19.3 Å². The van der Waals surface area contributed by atoms with Crippen LogP contribution in [0.4, 0.5) is 0 Å².